The lowest BCUT2D eigenvalue weighted by Gasteiger charge is -2.32. The zero-order valence-electron chi connectivity index (χ0n) is 10.1. The van der Waals surface area contributed by atoms with Crippen LogP contribution in [0.5, 0.6) is 0 Å². The fourth-order valence-electron chi connectivity index (χ4n) is 2.51. The van der Waals surface area contributed by atoms with E-state index in [-0.39, 0.29) is 0 Å². The zero-order valence-corrected chi connectivity index (χ0v) is 10.9. The highest BCUT2D eigenvalue weighted by atomic mass is 32.2. The molecule has 3 atom stereocenters. The van der Waals surface area contributed by atoms with Gasteiger partial charge in [-0.3, -0.25) is 0 Å². The summed E-state index contributed by atoms with van der Waals surface area (Å²) in [6.45, 7) is 2.19. The summed E-state index contributed by atoms with van der Waals surface area (Å²) >= 11 is 2.00. The van der Waals surface area contributed by atoms with E-state index in [9.17, 15) is 0 Å². The first-order valence-corrected chi connectivity index (χ1v) is 7.42. The Labute approximate surface area is 102 Å². The standard InChI is InChI=1S/C13H21NOS/c1-10(12-7-5-9-15-12)14-11-6-3-4-8-13(11)16-2/h5,7,9-11,13-14H,3-4,6,8H2,1-2H3. The molecule has 0 aromatic carbocycles. The Bertz CT molecular complexity index is 299. The van der Waals surface area contributed by atoms with Gasteiger partial charge in [0.15, 0.2) is 0 Å². The maximum absolute atomic E-state index is 5.44. The van der Waals surface area contributed by atoms with Gasteiger partial charge < -0.3 is 9.73 Å². The van der Waals surface area contributed by atoms with Crippen LogP contribution in [0.2, 0.25) is 0 Å². The van der Waals surface area contributed by atoms with E-state index >= 15 is 0 Å². The Kier molecular flexibility index (Phi) is 4.36. The van der Waals surface area contributed by atoms with Crippen LogP contribution in [0.15, 0.2) is 22.8 Å². The SMILES string of the molecule is CSC1CCCCC1NC(C)c1ccco1. The first-order valence-electron chi connectivity index (χ1n) is 6.13. The third-order valence-corrected chi connectivity index (χ3v) is 4.61. The Hall–Kier alpha value is -0.410. The summed E-state index contributed by atoms with van der Waals surface area (Å²) in [6, 6.07) is 4.98. The van der Waals surface area contributed by atoms with E-state index in [0.29, 0.717) is 12.1 Å². The molecule has 1 fully saturated rings. The number of hydrogen-bond donors (Lipinski definition) is 1. The van der Waals surface area contributed by atoms with Gasteiger partial charge in [0, 0.05) is 11.3 Å². The van der Waals surface area contributed by atoms with Gasteiger partial charge in [-0.2, -0.15) is 11.8 Å². The molecule has 1 heterocycles. The Balaban J connectivity index is 1.92. The summed E-state index contributed by atoms with van der Waals surface area (Å²) in [5.74, 6) is 1.05. The molecule has 1 aliphatic rings. The number of thioether (sulfide) groups is 1. The molecule has 0 bridgehead atoms. The molecule has 0 saturated heterocycles. The summed E-state index contributed by atoms with van der Waals surface area (Å²) in [7, 11) is 0. The summed E-state index contributed by atoms with van der Waals surface area (Å²) in [5.41, 5.74) is 0. The molecule has 2 rings (SSSR count). The van der Waals surface area contributed by atoms with Gasteiger partial charge >= 0.3 is 0 Å². The third kappa shape index (κ3) is 2.83. The molecule has 16 heavy (non-hydrogen) atoms. The second-order valence-corrected chi connectivity index (χ2v) is 5.65. The van der Waals surface area contributed by atoms with Crippen molar-refractivity contribution in [2.45, 2.75) is 49.9 Å². The largest absolute Gasteiger partial charge is 0.468 e. The molecule has 0 amide bonds. The van der Waals surface area contributed by atoms with Crippen molar-refractivity contribution in [3.63, 3.8) is 0 Å². The van der Waals surface area contributed by atoms with Crippen molar-refractivity contribution in [1.29, 1.82) is 0 Å². The quantitative estimate of drug-likeness (QED) is 0.869. The molecule has 3 unspecified atom stereocenters. The minimum atomic E-state index is 0.327. The monoisotopic (exact) mass is 239 g/mol. The molecule has 0 aliphatic heterocycles. The van der Waals surface area contributed by atoms with Crippen molar-refractivity contribution < 1.29 is 4.42 Å². The van der Waals surface area contributed by atoms with Gasteiger partial charge in [0.05, 0.1) is 12.3 Å². The lowest BCUT2D eigenvalue weighted by Crippen LogP contribution is -2.41. The Morgan fingerprint density at radius 3 is 2.94 bits per heavy atom. The van der Waals surface area contributed by atoms with Gasteiger partial charge in [0.1, 0.15) is 5.76 Å². The van der Waals surface area contributed by atoms with Crippen LogP contribution in [0.3, 0.4) is 0 Å². The molecule has 1 N–H and O–H groups in total. The summed E-state index contributed by atoms with van der Waals surface area (Å²) in [6.07, 6.45) is 9.38. The van der Waals surface area contributed by atoms with Gasteiger partial charge in [-0.1, -0.05) is 12.8 Å². The predicted octanol–water partition coefficient (Wildman–Crippen LogP) is 3.60. The lowest BCUT2D eigenvalue weighted by molar-refractivity contribution is 0.331. The van der Waals surface area contributed by atoms with E-state index in [0.717, 1.165) is 11.0 Å². The van der Waals surface area contributed by atoms with Crippen LogP contribution in [0.4, 0.5) is 0 Å². The van der Waals surface area contributed by atoms with Crippen LogP contribution in [-0.4, -0.2) is 17.5 Å². The second kappa shape index (κ2) is 5.78. The average molecular weight is 239 g/mol. The molecular weight excluding hydrogens is 218 g/mol. The molecule has 3 heteroatoms. The Morgan fingerprint density at radius 2 is 2.25 bits per heavy atom. The summed E-state index contributed by atoms with van der Waals surface area (Å²) < 4.78 is 5.44. The molecule has 0 spiro atoms. The smallest absolute Gasteiger partial charge is 0.120 e. The van der Waals surface area contributed by atoms with Crippen molar-refractivity contribution >= 4 is 11.8 Å². The van der Waals surface area contributed by atoms with E-state index in [1.807, 2.05) is 17.8 Å². The summed E-state index contributed by atoms with van der Waals surface area (Å²) in [5, 5.41) is 4.48. The molecule has 0 radical (unpaired) electrons. The maximum atomic E-state index is 5.44. The van der Waals surface area contributed by atoms with Gasteiger partial charge in [-0.25, -0.2) is 0 Å². The van der Waals surface area contributed by atoms with Crippen LogP contribution >= 0.6 is 11.8 Å². The topological polar surface area (TPSA) is 25.2 Å². The molecule has 1 aromatic heterocycles. The fourth-order valence-corrected chi connectivity index (χ4v) is 3.46. The van der Waals surface area contributed by atoms with Gasteiger partial charge in [0.2, 0.25) is 0 Å². The van der Waals surface area contributed by atoms with Crippen LogP contribution in [0, 0.1) is 0 Å². The van der Waals surface area contributed by atoms with Crippen molar-refractivity contribution in [3.8, 4) is 0 Å². The van der Waals surface area contributed by atoms with Crippen LogP contribution in [-0.2, 0) is 0 Å². The molecule has 1 aromatic rings. The third-order valence-electron chi connectivity index (χ3n) is 3.44. The molecule has 1 saturated carbocycles. The molecule has 1 aliphatic carbocycles. The van der Waals surface area contributed by atoms with Crippen molar-refractivity contribution in [2.24, 2.45) is 0 Å². The van der Waals surface area contributed by atoms with Crippen molar-refractivity contribution in [2.75, 3.05) is 6.26 Å². The maximum Gasteiger partial charge on any atom is 0.120 e. The highest BCUT2D eigenvalue weighted by Gasteiger charge is 2.26. The van der Waals surface area contributed by atoms with Gasteiger partial charge in [-0.05, 0) is 38.2 Å². The normalized spacial score (nSPS) is 27.9. The predicted molar refractivity (Wildman–Crippen MR) is 69.8 cm³/mol. The fraction of sp³-hybridized carbons (Fsp3) is 0.692. The van der Waals surface area contributed by atoms with Crippen LogP contribution < -0.4 is 5.32 Å². The van der Waals surface area contributed by atoms with Crippen molar-refractivity contribution in [1.82, 2.24) is 5.32 Å². The second-order valence-electron chi connectivity index (χ2n) is 4.57. The van der Waals surface area contributed by atoms with Gasteiger partial charge in [0.25, 0.3) is 0 Å². The summed E-state index contributed by atoms with van der Waals surface area (Å²) in [4.78, 5) is 0. The Morgan fingerprint density at radius 1 is 1.44 bits per heavy atom. The van der Waals surface area contributed by atoms with Crippen LogP contribution in [0.1, 0.15) is 44.4 Å². The van der Waals surface area contributed by atoms with Crippen LogP contribution in [0.25, 0.3) is 0 Å². The zero-order chi connectivity index (χ0) is 11.4. The average Bonchev–Trinajstić information content (AvgIpc) is 2.83. The first-order chi connectivity index (χ1) is 7.81. The highest BCUT2D eigenvalue weighted by molar-refractivity contribution is 7.99. The molecular formula is C13H21NOS. The highest BCUT2D eigenvalue weighted by Crippen LogP contribution is 2.29. The van der Waals surface area contributed by atoms with E-state index in [2.05, 4.69) is 24.6 Å². The minimum Gasteiger partial charge on any atom is -0.468 e. The number of rotatable bonds is 4. The van der Waals surface area contributed by atoms with E-state index in [1.54, 1.807) is 6.26 Å². The molecule has 2 nitrogen and oxygen atoms in total. The van der Waals surface area contributed by atoms with E-state index < -0.39 is 0 Å². The number of hydrogen-bond acceptors (Lipinski definition) is 3. The first kappa shape index (κ1) is 12.1. The van der Waals surface area contributed by atoms with Gasteiger partial charge in [-0.15, -0.1) is 0 Å². The minimum absolute atomic E-state index is 0.327. The number of furan rings is 1. The molecule has 90 valence electrons. The number of nitrogens with one attached hydrogen (secondary N) is 1. The van der Waals surface area contributed by atoms with E-state index in [1.165, 1.54) is 25.7 Å². The van der Waals surface area contributed by atoms with E-state index in [4.69, 9.17) is 4.42 Å². The lowest BCUT2D eigenvalue weighted by atomic mass is 9.94. The van der Waals surface area contributed by atoms with Crippen molar-refractivity contribution in [3.05, 3.63) is 24.2 Å².